The Bertz CT molecular complexity index is 573. The molecule has 0 aromatic heterocycles. The second kappa shape index (κ2) is 3.91. The molecule has 4 nitrogen and oxygen atoms in total. The molecule has 2 rings (SSSR count). The van der Waals surface area contributed by atoms with Crippen molar-refractivity contribution < 1.29 is 18.9 Å². The average Bonchev–Trinajstić information content (AvgIpc) is 2.17. The Balaban J connectivity index is 2.54. The predicted molar refractivity (Wildman–Crippen MR) is 61.4 cm³/mol. The normalized spacial score (nSPS) is 11.7. The number of rotatable bonds is 2. The molecule has 0 aliphatic carbocycles. The molecule has 0 saturated heterocycles. The summed E-state index contributed by atoms with van der Waals surface area (Å²) in [5.74, 6) is 0.215. The highest BCUT2D eigenvalue weighted by Crippen LogP contribution is 2.40. The molecule has 84 valence electrons. The van der Waals surface area contributed by atoms with Gasteiger partial charge in [0.2, 0.25) is 0 Å². The summed E-state index contributed by atoms with van der Waals surface area (Å²) >= 11 is 0. The first-order valence-electron chi connectivity index (χ1n) is 4.70. The highest BCUT2D eigenvalue weighted by Gasteiger charge is 2.17. The van der Waals surface area contributed by atoms with Crippen LogP contribution in [0.15, 0.2) is 36.4 Å². The molecule has 0 amide bonds. The molecular weight excluding hydrogens is 227 g/mol. The van der Waals surface area contributed by atoms with Crippen LogP contribution in [0.25, 0.3) is 10.8 Å². The summed E-state index contributed by atoms with van der Waals surface area (Å²) in [6.07, 6.45) is 0. The number of phosphoric ester groups is 1. The molecule has 0 radical (unpaired) electrons. The van der Waals surface area contributed by atoms with E-state index in [1.165, 1.54) is 0 Å². The van der Waals surface area contributed by atoms with Gasteiger partial charge in [0.1, 0.15) is 5.75 Å². The van der Waals surface area contributed by atoms with Crippen LogP contribution in [-0.4, -0.2) is 9.79 Å². The number of benzene rings is 2. The molecule has 0 unspecified atom stereocenters. The van der Waals surface area contributed by atoms with Crippen LogP contribution in [0, 0.1) is 6.92 Å². The number of hydrogen-bond acceptors (Lipinski definition) is 2. The fourth-order valence-corrected chi connectivity index (χ4v) is 2.01. The van der Waals surface area contributed by atoms with Crippen molar-refractivity contribution in [3.63, 3.8) is 0 Å². The van der Waals surface area contributed by atoms with Crippen LogP contribution in [0.1, 0.15) is 5.56 Å². The van der Waals surface area contributed by atoms with Crippen molar-refractivity contribution in [1.82, 2.24) is 0 Å². The summed E-state index contributed by atoms with van der Waals surface area (Å²) in [4.78, 5) is 17.5. The average molecular weight is 238 g/mol. The molecule has 2 aromatic rings. The topological polar surface area (TPSA) is 66.8 Å². The minimum absolute atomic E-state index is 0.215. The zero-order valence-electron chi connectivity index (χ0n) is 8.62. The number of phosphoric acid groups is 1. The lowest BCUT2D eigenvalue weighted by Gasteiger charge is -2.10. The van der Waals surface area contributed by atoms with Gasteiger partial charge in [-0.3, -0.25) is 9.79 Å². The van der Waals surface area contributed by atoms with Crippen molar-refractivity contribution in [2.45, 2.75) is 6.92 Å². The van der Waals surface area contributed by atoms with Crippen LogP contribution in [0.2, 0.25) is 0 Å². The van der Waals surface area contributed by atoms with Gasteiger partial charge in [0.05, 0.1) is 0 Å². The Hall–Kier alpha value is -1.35. The first-order chi connectivity index (χ1) is 7.46. The van der Waals surface area contributed by atoms with Gasteiger partial charge in [-0.25, -0.2) is 4.57 Å². The Morgan fingerprint density at radius 3 is 2.25 bits per heavy atom. The Morgan fingerprint density at radius 1 is 1.12 bits per heavy atom. The number of hydrogen-bond donors (Lipinski definition) is 2. The van der Waals surface area contributed by atoms with Crippen molar-refractivity contribution in [1.29, 1.82) is 0 Å². The lowest BCUT2D eigenvalue weighted by molar-refractivity contribution is 0.282. The fraction of sp³-hybridized carbons (Fsp3) is 0.0909. The number of fused-ring (bicyclic) bond motifs is 1. The van der Waals surface area contributed by atoms with Gasteiger partial charge >= 0.3 is 7.82 Å². The minimum Gasteiger partial charge on any atom is -0.404 e. The first-order valence-corrected chi connectivity index (χ1v) is 6.23. The first kappa shape index (κ1) is 11.1. The van der Waals surface area contributed by atoms with Crippen LogP contribution in [0.4, 0.5) is 0 Å². The maximum Gasteiger partial charge on any atom is 0.524 e. The van der Waals surface area contributed by atoms with Crippen molar-refractivity contribution in [3.8, 4) is 5.75 Å². The predicted octanol–water partition coefficient (Wildman–Crippen LogP) is 2.62. The van der Waals surface area contributed by atoms with Gasteiger partial charge in [-0.1, -0.05) is 24.3 Å². The molecule has 0 atom stereocenters. The highest BCUT2D eigenvalue weighted by atomic mass is 31.2. The highest BCUT2D eigenvalue weighted by molar-refractivity contribution is 7.46. The third kappa shape index (κ3) is 2.42. The zero-order valence-corrected chi connectivity index (χ0v) is 9.52. The van der Waals surface area contributed by atoms with E-state index >= 15 is 0 Å². The van der Waals surface area contributed by atoms with Gasteiger partial charge in [0.15, 0.2) is 0 Å². The van der Waals surface area contributed by atoms with Gasteiger partial charge in [0.25, 0.3) is 0 Å². The molecule has 2 aromatic carbocycles. The van der Waals surface area contributed by atoms with E-state index in [1.54, 1.807) is 13.0 Å². The van der Waals surface area contributed by atoms with E-state index in [0.29, 0.717) is 5.56 Å². The molecule has 0 saturated carbocycles. The second-order valence-corrected chi connectivity index (χ2v) is 4.71. The molecular formula is C11H11O4P. The van der Waals surface area contributed by atoms with Gasteiger partial charge < -0.3 is 4.52 Å². The maximum absolute atomic E-state index is 10.8. The summed E-state index contributed by atoms with van der Waals surface area (Å²) in [7, 11) is -4.49. The van der Waals surface area contributed by atoms with Gasteiger partial charge in [-0.15, -0.1) is 0 Å². The molecule has 0 spiro atoms. The number of aryl methyl sites for hydroxylation is 1. The standard InChI is InChI=1S/C11H11O4P/c1-8-6-9-4-2-3-5-10(9)7-11(8)15-16(12,13)14/h2-7H,1H3,(H2,12,13,14). The van der Waals surface area contributed by atoms with Gasteiger partial charge in [-0.05, 0) is 35.4 Å². The van der Waals surface area contributed by atoms with Gasteiger partial charge in [-0.2, -0.15) is 0 Å². The Kier molecular flexibility index (Phi) is 2.72. The largest absolute Gasteiger partial charge is 0.524 e. The van der Waals surface area contributed by atoms with E-state index in [0.717, 1.165) is 10.8 Å². The molecule has 0 aliphatic rings. The molecule has 16 heavy (non-hydrogen) atoms. The third-order valence-electron chi connectivity index (χ3n) is 2.26. The summed E-state index contributed by atoms with van der Waals surface area (Å²) in [6, 6.07) is 11.0. The van der Waals surface area contributed by atoms with E-state index < -0.39 is 7.82 Å². The minimum atomic E-state index is -4.49. The van der Waals surface area contributed by atoms with Crippen molar-refractivity contribution in [3.05, 3.63) is 42.0 Å². The second-order valence-electron chi connectivity index (χ2n) is 3.55. The molecule has 0 bridgehead atoms. The van der Waals surface area contributed by atoms with Crippen LogP contribution < -0.4 is 4.52 Å². The lowest BCUT2D eigenvalue weighted by Crippen LogP contribution is -1.92. The van der Waals surface area contributed by atoms with Crippen LogP contribution in [0.3, 0.4) is 0 Å². The molecule has 0 fully saturated rings. The van der Waals surface area contributed by atoms with Crippen molar-refractivity contribution in [2.75, 3.05) is 0 Å². The molecule has 0 aliphatic heterocycles. The monoisotopic (exact) mass is 238 g/mol. The molecule has 2 N–H and O–H groups in total. The SMILES string of the molecule is Cc1cc2ccccc2cc1OP(=O)(O)O. The quantitative estimate of drug-likeness (QED) is 0.789. The van der Waals surface area contributed by atoms with Crippen molar-refractivity contribution >= 4 is 18.6 Å². The van der Waals surface area contributed by atoms with E-state index in [2.05, 4.69) is 4.52 Å². The Labute approximate surface area is 92.7 Å². The van der Waals surface area contributed by atoms with Crippen LogP contribution in [0.5, 0.6) is 5.75 Å². The Morgan fingerprint density at radius 2 is 1.69 bits per heavy atom. The molecule has 5 heteroatoms. The fourth-order valence-electron chi connectivity index (χ4n) is 1.56. The van der Waals surface area contributed by atoms with Crippen molar-refractivity contribution in [2.24, 2.45) is 0 Å². The van der Waals surface area contributed by atoms with E-state index in [9.17, 15) is 4.57 Å². The van der Waals surface area contributed by atoms with E-state index in [-0.39, 0.29) is 5.75 Å². The summed E-state index contributed by atoms with van der Waals surface area (Å²) < 4.78 is 15.4. The molecule has 0 heterocycles. The maximum atomic E-state index is 10.8. The summed E-state index contributed by atoms with van der Waals surface area (Å²) in [5, 5.41) is 1.90. The third-order valence-corrected chi connectivity index (χ3v) is 2.70. The van der Waals surface area contributed by atoms with E-state index in [4.69, 9.17) is 9.79 Å². The van der Waals surface area contributed by atoms with Crippen LogP contribution >= 0.6 is 7.82 Å². The summed E-state index contributed by atoms with van der Waals surface area (Å²) in [6.45, 7) is 1.75. The van der Waals surface area contributed by atoms with E-state index in [1.807, 2.05) is 30.3 Å². The van der Waals surface area contributed by atoms with Gasteiger partial charge in [0, 0.05) is 0 Å². The smallest absolute Gasteiger partial charge is 0.404 e. The summed E-state index contributed by atoms with van der Waals surface area (Å²) in [5.41, 5.74) is 0.696. The zero-order chi connectivity index (χ0) is 11.8. The van der Waals surface area contributed by atoms with Crippen LogP contribution in [-0.2, 0) is 4.57 Å². The lowest BCUT2D eigenvalue weighted by atomic mass is 10.1.